The second kappa shape index (κ2) is 7.92. The molecule has 1 saturated heterocycles. The highest BCUT2D eigenvalue weighted by Crippen LogP contribution is 2.37. The average molecular weight is 361 g/mol. The second-order valence-corrected chi connectivity index (χ2v) is 9.50. The topological polar surface area (TPSA) is 73.3 Å². The number of nitrogens with zero attached hydrogens (tertiary/aromatic N) is 1. The Balaban J connectivity index is 1.94. The van der Waals surface area contributed by atoms with Crippen molar-refractivity contribution < 1.29 is 9.47 Å². The lowest BCUT2D eigenvalue weighted by Gasteiger charge is -2.19. The van der Waals surface area contributed by atoms with Gasteiger partial charge in [0, 0.05) is 23.4 Å². The molecular formula is C15H24N2O4S2. The van der Waals surface area contributed by atoms with Crippen molar-refractivity contribution in [2.24, 2.45) is 0 Å². The van der Waals surface area contributed by atoms with Gasteiger partial charge in [-0.25, -0.2) is 4.79 Å². The van der Waals surface area contributed by atoms with Gasteiger partial charge in [-0.2, -0.15) is 0 Å². The molecule has 8 heteroatoms. The third-order valence-electron chi connectivity index (χ3n) is 3.38. The van der Waals surface area contributed by atoms with Crippen LogP contribution in [0, 0.1) is 0 Å². The summed E-state index contributed by atoms with van der Waals surface area (Å²) in [4.78, 5) is 25.3. The molecule has 1 N–H and O–H groups in total. The van der Waals surface area contributed by atoms with Crippen molar-refractivity contribution >= 4 is 21.6 Å². The van der Waals surface area contributed by atoms with Crippen molar-refractivity contribution in [2.75, 3.05) is 5.94 Å². The second-order valence-electron chi connectivity index (χ2n) is 6.43. The van der Waals surface area contributed by atoms with Gasteiger partial charge >= 0.3 is 5.69 Å². The normalized spacial score (nSPS) is 25.0. The highest BCUT2D eigenvalue weighted by atomic mass is 33.1. The molecule has 0 aliphatic carbocycles. The highest BCUT2D eigenvalue weighted by molar-refractivity contribution is 8.77. The van der Waals surface area contributed by atoms with Gasteiger partial charge in [0.2, 0.25) is 0 Å². The van der Waals surface area contributed by atoms with Gasteiger partial charge < -0.3 is 9.47 Å². The lowest BCUT2D eigenvalue weighted by Crippen LogP contribution is -2.31. The predicted octanol–water partition coefficient (Wildman–Crippen LogP) is 2.76. The first-order chi connectivity index (χ1) is 10.8. The minimum absolute atomic E-state index is 0.0425. The molecule has 23 heavy (non-hydrogen) atoms. The van der Waals surface area contributed by atoms with Gasteiger partial charge in [-0.05, 0) is 6.42 Å². The molecule has 1 aromatic heterocycles. The number of aromatic amines is 1. The fourth-order valence-electron chi connectivity index (χ4n) is 2.38. The fraction of sp³-hybridized carbons (Fsp3) is 0.733. The van der Waals surface area contributed by atoms with E-state index in [1.165, 1.54) is 16.8 Å². The molecular weight excluding hydrogens is 336 g/mol. The molecule has 2 rings (SSSR count). The molecule has 1 aromatic rings. The minimum Gasteiger partial charge on any atom is -0.364 e. The Morgan fingerprint density at radius 1 is 1.43 bits per heavy atom. The third kappa shape index (κ3) is 5.41. The van der Waals surface area contributed by atoms with Crippen molar-refractivity contribution in [1.29, 1.82) is 0 Å². The Labute approximate surface area is 143 Å². The zero-order valence-electron chi connectivity index (χ0n) is 13.9. The van der Waals surface area contributed by atoms with E-state index >= 15 is 0 Å². The summed E-state index contributed by atoms with van der Waals surface area (Å²) in [6, 6.07) is 1.33. The molecule has 1 fully saturated rings. The lowest BCUT2D eigenvalue weighted by molar-refractivity contribution is -0.0323. The maximum Gasteiger partial charge on any atom is 0.330 e. The number of ether oxygens (including phenoxy) is 2. The van der Waals surface area contributed by atoms with Crippen LogP contribution in [-0.2, 0) is 9.47 Å². The first-order valence-corrected chi connectivity index (χ1v) is 10.0. The summed E-state index contributed by atoms with van der Waals surface area (Å²) < 4.78 is 13.5. The molecule has 0 radical (unpaired) electrons. The summed E-state index contributed by atoms with van der Waals surface area (Å²) in [6.07, 6.45) is 2.41. The summed E-state index contributed by atoms with van der Waals surface area (Å²) in [5.74, 6) is 0.583. The molecule has 0 amide bonds. The van der Waals surface area contributed by atoms with E-state index in [9.17, 15) is 9.59 Å². The number of aromatic nitrogens is 2. The van der Waals surface area contributed by atoms with E-state index in [-0.39, 0.29) is 17.0 Å². The van der Waals surface area contributed by atoms with E-state index in [1.54, 1.807) is 21.6 Å². The van der Waals surface area contributed by atoms with E-state index in [4.69, 9.17) is 9.47 Å². The maximum absolute atomic E-state index is 11.9. The van der Waals surface area contributed by atoms with Gasteiger partial charge in [0.25, 0.3) is 5.56 Å². The Morgan fingerprint density at radius 2 is 2.17 bits per heavy atom. The third-order valence-corrected chi connectivity index (χ3v) is 6.38. The van der Waals surface area contributed by atoms with Gasteiger partial charge in [-0.1, -0.05) is 49.3 Å². The molecule has 0 bridgehead atoms. The van der Waals surface area contributed by atoms with Crippen LogP contribution in [0.15, 0.2) is 21.9 Å². The molecule has 130 valence electrons. The van der Waals surface area contributed by atoms with Crippen molar-refractivity contribution in [3.8, 4) is 0 Å². The SMILES string of the molecule is CC[C@H]1O[C@@H](n2ccc(=O)[nH]c2=O)C[C@H]1OCSSC(C)(C)C. The molecule has 0 saturated carbocycles. The molecule has 0 aromatic carbocycles. The van der Waals surface area contributed by atoms with Crippen LogP contribution in [0.3, 0.4) is 0 Å². The van der Waals surface area contributed by atoms with Crippen molar-refractivity contribution in [3.63, 3.8) is 0 Å². The summed E-state index contributed by atoms with van der Waals surface area (Å²) in [5, 5.41) is 0. The lowest BCUT2D eigenvalue weighted by atomic mass is 10.1. The first-order valence-electron chi connectivity index (χ1n) is 7.69. The van der Waals surface area contributed by atoms with Crippen molar-refractivity contribution in [1.82, 2.24) is 9.55 Å². The highest BCUT2D eigenvalue weighted by Gasteiger charge is 2.36. The molecule has 0 spiro atoms. The number of H-pyrrole nitrogens is 1. The number of hydrogen-bond acceptors (Lipinski definition) is 6. The van der Waals surface area contributed by atoms with Gasteiger partial charge in [-0.3, -0.25) is 14.3 Å². The van der Waals surface area contributed by atoms with E-state index in [1.807, 2.05) is 6.92 Å². The zero-order chi connectivity index (χ0) is 17.0. The summed E-state index contributed by atoms with van der Waals surface area (Å²) in [7, 11) is 3.47. The van der Waals surface area contributed by atoms with Crippen LogP contribution >= 0.6 is 21.6 Å². The van der Waals surface area contributed by atoms with Gasteiger partial charge in [0.15, 0.2) is 0 Å². The van der Waals surface area contributed by atoms with Crippen LogP contribution in [0.5, 0.6) is 0 Å². The molecule has 0 unspecified atom stereocenters. The van der Waals surface area contributed by atoms with E-state index < -0.39 is 17.5 Å². The van der Waals surface area contributed by atoms with Crippen LogP contribution < -0.4 is 11.2 Å². The number of rotatable bonds is 6. The molecule has 6 nitrogen and oxygen atoms in total. The van der Waals surface area contributed by atoms with Gasteiger partial charge in [-0.15, -0.1) is 0 Å². The van der Waals surface area contributed by atoms with Crippen LogP contribution in [0.25, 0.3) is 0 Å². The molecule has 2 heterocycles. The average Bonchev–Trinajstić information content (AvgIpc) is 2.85. The van der Waals surface area contributed by atoms with Gasteiger partial charge in [0.1, 0.15) is 12.2 Å². The number of nitrogens with one attached hydrogen (secondary N) is 1. The fourth-order valence-corrected chi connectivity index (χ4v) is 4.38. The first kappa shape index (κ1) is 18.6. The van der Waals surface area contributed by atoms with Crippen molar-refractivity contribution in [2.45, 2.75) is 63.7 Å². The van der Waals surface area contributed by atoms with Crippen LogP contribution in [-0.4, -0.2) is 32.4 Å². The quantitative estimate of drug-likeness (QED) is 0.478. The standard InChI is InChI=1S/C15H24N2O4S2/c1-5-10-11(20-9-22-23-15(2,3)4)8-13(21-10)17-7-6-12(18)16-14(17)19/h6-7,10-11,13H,5,8-9H2,1-4H3,(H,16,18,19)/t10-,11-,13-/m1/s1. The molecule has 3 atom stereocenters. The van der Waals surface area contributed by atoms with Crippen LogP contribution in [0.2, 0.25) is 0 Å². The Kier molecular flexibility index (Phi) is 6.41. The van der Waals surface area contributed by atoms with Crippen LogP contribution in [0.4, 0.5) is 0 Å². The summed E-state index contributed by atoms with van der Waals surface area (Å²) >= 11 is 0. The van der Waals surface area contributed by atoms with Crippen molar-refractivity contribution in [3.05, 3.63) is 33.1 Å². The summed E-state index contributed by atoms with van der Waals surface area (Å²) in [6.45, 7) is 8.53. The summed E-state index contributed by atoms with van der Waals surface area (Å²) in [5.41, 5.74) is -0.852. The smallest absolute Gasteiger partial charge is 0.330 e. The van der Waals surface area contributed by atoms with Crippen LogP contribution in [0.1, 0.15) is 46.8 Å². The Hall–Kier alpha value is -0.700. The molecule has 1 aliphatic rings. The minimum atomic E-state index is -0.448. The largest absolute Gasteiger partial charge is 0.364 e. The molecule has 1 aliphatic heterocycles. The number of hydrogen-bond donors (Lipinski definition) is 1. The van der Waals surface area contributed by atoms with E-state index in [0.29, 0.717) is 12.4 Å². The maximum atomic E-state index is 11.9. The monoisotopic (exact) mass is 360 g/mol. The Morgan fingerprint density at radius 3 is 2.78 bits per heavy atom. The zero-order valence-corrected chi connectivity index (χ0v) is 15.5. The Bertz CT molecular complexity index is 623. The van der Waals surface area contributed by atoms with E-state index in [2.05, 4.69) is 25.8 Å². The predicted molar refractivity (Wildman–Crippen MR) is 94.8 cm³/mol. The van der Waals surface area contributed by atoms with E-state index in [0.717, 1.165) is 6.42 Å². The van der Waals surface area contributed by atoms with Gasteiger partial charge in [0.05, 0.1) is 12.2 Å².